The SMILES string of the molecule is Nc1c(C(=O)N2CCC(CO)C2)sc2cc(Br)ccc12. The fourth-order valence-electron chi connectivity index (χ4n) is 2.56. The summed E-state index contributed by atoms with van der Waals surface area (Å²) in [6, 6.07) is 5.84. The van der Waals surface area contributed by atoms with E-state index in [1.807, 2.05) is 18.2 Å². The number of carbonyl (C=O) groups excluding carboxylic acids is 1. The van der Waals surface area contributed by atoms with Crippen LogP contribution >= 0.6 is 27.3 Å². The van der Waals surface area contributed by atoms with Crippen molar-refractivity contribution in [2.75, 3.05) is 25.4 Å². The molecule has 1 atom stereocenters. The lowest BCUT2D eigenvalue weighted by atomic mass is 10.1. The van der Waals surface area contributed by atoms with Crippen molar-refractivity contribution in [2.24, 2.45) is 5.92 Å². The quantitative estimate of drug-likeness (QED) is 0.871. The monoisotopic (exact) mass is 354 g/mol. The third-order valence-electron chi connectivity index (χ3n) is 3.72. The Morgan fingerprint density at radius 1 is 1.55 bits per heavy atom. The van der Waals surface area contributed by atoms with Gasteiger partial charge in [-0.2, -0.15) is 0 Å². The van der Waals surface area contributed by atoms with Crippen molar-refractivity contribution in [2.45, 2.75) is 6.42 Å². The molecule has 0 spiro atoms. The molecule has 3 N–H and O–H groups in total. The van der Waals surface area contributed by atoms with E-state index in [1.165, 1.54) is 11.3 Å². The topological polar surface area (TPSA) is 66.6 Å². The van der Waals surface area contributed by atoms with E-state index in [0.717, 1.165) is 21.0 Å². The highest BCUT2D eigenvalue weighted by Crippen LogP contribution is 2.36. The summed E-state index contributed by atoms with van der Waals surface area (Å²) in [5.41, 5.74) is 6.69. The minimum Gasteiger partial charge on any atom is -0.397 e. The van der Waals surface area contributed by atoms with Crippen molar-refractivity contribution < 1.29 is 9.90 Å². The third kappa shape index (κ3) is 2.32. The first-order valence-corrected chi connectivity index (χ1v) is 8.08. The summed E-state index contributed by atoms with van der Waals surface area (Å²) >= 11 is 4.86. The zero-order valence-corrected chi connectivity index (χ0v) is 13.2. The van der Waals surface area contributed by atoms with Crippen LogP contribution in [-0.2, 0) is 0 Å². The Balaban J connectivity index is 1.94. The second-order valence-corrected chi connectivity index (χ2v) is 7.04. The van der Waals surface area contributed by atoms with E-state index >= 15 is 0 Å². The van der Waals surface area contributed by atoms with Crippen LogP contribution < -0.4 is 5.73 Å². The maximum absolute atomic E-state index is 12.5. The smallest absolute Gasteiger partial charge is 0.266 e. The van der Waals surface area contributed by atoms with Crippen LogP contribution in [0.25, 0.3) is 10.1 Å². The van der Waals surface area contributed by atoms with Gasteiger partial charge in [0.25, 0.3) is 5.91 Å². The number of hydrogen-bond donors (Lipinski definition) is 2. The molecule has 1 aliphatic rings. The van der Waals surface area contributed by atoms with Gasteiger partial charge in [0.05, 0.1) is 5.69 Å². The number of rotatable bonds is 2. The Kier molecular flexibility index (Phi) is 3.70. The van der Waals surface area contributed by atoms with E-state index in [1.54, 1.807) is 4.90 Å². The molecule has 6 heteroatoms. The number of anilines is 1. The first-order chi connectivity index (χ1) is 9.60. The van der Waals surface area contributed by atoms with Gasteiger partial charge in [-0.3, -0.25) is 4.79 Å². The summed E-state index contributed by atoms with van der Waals surface area (Å²) in [5, 5.41) is 10.1. The number of amides is 1. The third-order valence-corrected chi connectivity index (χ3v) is 5.37. The molecule has 0 radical (unpaired) electrons. The summed E-state index contributed by atoms with van der Waals surface area (Å²) in [5.74, 6) is 0.180. The number of fused-ring (bicyclic) bond motifs is 1. The molecule has 0 aliphatic carbocycles. The Bertz CT molecular complexity index is 670. The van der Waals surface area contributed by atoms with E-state index in [-0.39, 0.29) is 18.4 Å². The highest BCUT2D eigenvalue weighted by atomic mass is 79.9. The van der Waals surface area contributed by atoms with E-state index < -0.39 is 0 Å². The number of nitrogen functional groups attached to an aromatic ring is 1. The predicted octanol–water partition coefficient (Wildman–Crippen LogP) is 2.70. The molecule has 1 unspecified atom stereocenters. The average Bonchev–Trinajstić information content (AvgIpc) is 3.03. The van der Waals surface area contributed by atoms with Crippen LogP contribution in [0.4, 0.5) is 5.69 Å². The van der Waals surface area contributed by atoms with E-state index in [2.05, 4.69) is 15.9 Å². The fraction of sp³-hybridized carbons (Fsp3) is 0.357. The Morgan fingerprint density at radius 3 is 3.05 bits per heavy atom. The molecule has 1 aromatic carbocycles. The molecule has 0 bridgehead atoms. The number of thiophene rings is 1. The minimum absolute atomic E-state index is 0.0178. The molecule has 1 aliphatic heterocycles. The van der Waals surface area contributed by atoms with Gasteiger partial charge >= 0.3 is 0 Å². The van der Waals surface area contributed by atoms with Crippen molar-refractivity contribution in [3.8, 4) is 0 Å². The number of halogens is 1. The lowest BCUT2D eigenvalue weighted by molar-refractivity contribution is 0.0787. The maximum atomic E-state index is 12.5. The molecule has 3 rings (SSSR count). The Morgan fingerprint density at radius 2 is 2.35 bits per heavy atom. The van der Waals surface area contributed by atoms with Crippen LogP contribution in [0.2, 0.25) is 0 Å². The number of likely N-dealkylation sites (tertiary alicyclic amines) is 1. The lowest BCUT2D eigenvalue weighted by Gasteiger charge is -2.15. The summed E-state index contributed by atoms with van der Waals surface area (Å²) < 4.78 is 1.99. The normalized spacial score (nSPS) is 18.9. The van der Waals surface area contributed by atoms with Crippen LogP contribution in [-0.4, -0.2) is 35.6 Å². The molecular formula is C14H15BrN2O2S. The molecular weight excluding hydrogens is 340 g/mol. The Hall–Kier alpha value is -1.11. The predicted molar refractivity (Wildman–Crippen MR) is 85.0 cm³/mol. The fourth-order valence-corrected chi connectivity index (χ4v) is 4.20. The van der Waals surface area contributed by atoms with Gasteiger partial charge in [0, 0.05) is 40.2 Å². The van der Waals surface area contributed by atoms with Crippen molar-refractivity contribution in [1.82, 2.24) is 4.90 Å². The lowest BCUT2D eigenvalue weighted by Crippen LogP contribution is -2.29. The first kappa shape index (κ1) is 13.9. The number of nitrogens with zero attached hydrogens (tertiary/aromatic N) is 1. The minimum atomic E-state index is -0.0178. The summed E-state index contributed by atoms with van der Waals surface area (Å²) in [6.07, 6.45) is 0.860. The van der Waals surface area contributed by atoms with Crippen LogP contribution in [0.3, 0.4) is 0 Å². The van der Waals surface area contributed by atoms with Gasteiger partial charge < -0.3 is 15.7 Å². The number of hydrogen-bond acceptors (Lipinski definition) is 4. The number of carbonyl (C=O) groups is 1. The van der Waals surface area contributed by atoms with E-state index in [0.29, 0.717) is 23.7 Å². The molecule has 1 saturated heterocycles. The molecule has 1 amide bonds. The highest BCUT2D eigenvalue weighted by molar-refractivity contribution is 9.10. The molecule has 4 nitrogen and oxygen atoms in total. The van der Waals surface area contributed by atoms with Crippen LogP contribution in [0, 0.1) is 5.92 Å². The van der Waals surface area contributed by atoms with Gasteiger partial charge in [0.15, 0.2) is 0 Å². The molecule has 20 heavy (non-hydrogen) atoms. The van der Waals surface area contributed by atoms with E-state index in [4.69, 9.17) is 5.73 Å². The summed E-state index contributed by atoms with van der Waals surface area (Å²) in [6.45, 7) is 1.45. The van der Waals surface area contributed by atoms with Crippen molar-refractivity contribution in [1.29, 1.82) is 0 Å². The molecule has 2 aromatic rings. The van der Waals surface area contributed by atoms with Gasteiger partial charge in [-0.1, -0.05) is 22.0 Å². The molecule has 1 aromatic heterocycles. The van der Waals surface area contributed by atoms with Gasteiger partial charge in [-0.25, -0.2) is 0 Å². The average molecular weight is 355 g/mol. The second kappa shape index (κ2) is 5.35. The van der Waals surface area contributed by atoms with Crippen molar-refractivity contribution >= 4 is 48.9 Å². The molecule has 106 valence electrons. The summed E-state index contributed by atoms with van der Waals surface area (Å²) in [4.78, 5) is 14.9. The zero-order chi connectivity index (χ0) is 14.3. The van der Waals surface area contributed by atoms with Crippen LogP contribution in [0.1, 0.15) is 16.1 Å². The van der Waals surface area contributed by atoms with Crippen LogP contribution in [0.5, 0.6) is 0 Å². The number of nitrogens with two attached hydrogens (primary N) is 1. The first-order valence-electron chi connectivity index (χ1n) is 6.48. The molecule has 2 heterocycles. The second-order valence-electron chi connectivity index (χ2n) is 5.07. The van der Waals surface area contributed by atoms with E-state index in [9.17, 15) is 9.90 Å². The standard InChI is InChI=1S/C14H15BrN2O2S/c15-9-1-2-10-11(5-9)20-13(12(10)16)14(19)17-4-3-8(6-17)7-18/h1-2,5,8,18H,3-4,6-7,16H2. The van der Waals surface area contributed by atoms with Gasteiger partial charge in [0.2, 0.25) is 0 Å². The zero-order valence-electron chi connectivity index (χ0n) is 10.8. The molecule has 1 fully saturated rings. The Labute approximate surface area is 129 Å². The maximum Gasteiger partial charge on any atom is 0.266 e. The van der Waals surface area contributed by atoms with Gasteiger partial charge in [-0.05, 0) is 18.6 Å². The number of aliphatic hydroxyl groups is 1. The van der Waals surface area contributed by atoms with Gasteiger partial charge in [0.1, 0.15) is 4.88 Å². The number of benzene rings is 1. The molecule has 0 saturated carbocycles. The van der Waals surface area contributed by atoms with Crippen LogP contribution in [0.15, 0.2) is 22.7 Å². The number of aliphatic hydroxyl groups excluding tert-OH is 1. The van der Waals surface area contributed by atoms with Gasteiger partial charge in [-0.15, -0.1) is 11.3 Å². The highest BCUT2D eigenvalue weighted by Gasteiger charge is 2.29. The largest absolute Gasteiger partial charge is 0.397 e. The van der Waals surface area contributed by atoms with Crippen molar-refractivity contribution in [3.63, 3.8) is 0 Å². The summed E-state index contributed by atoms with van der Waals surface area (Å²) in [7, 11) is 0. The van der Waals surface area contributed by atoms with Crippen molar-refractivity contribution in [3.05, 3.63) is 27.5 Å².